The zero-order valence-corrected chi connectivity index (χ0v) is 9.70. The van der Waals surface area contributed by atoms with Crippen molar-refractivity contribution in [3.05, 3.63) is 42.7 Å². The third kappa shape index (κ3) is 2.40. The van der Waals surface area contributed by atoms with Crippen LogP contribution < -0.4 is 5.73 Å². The van der Waals surface area contributed by atoms with Gasteiger partial charge in [-0.2, -0.15) is 0 Å². The van der Waals surface area contributed by atoms with Crippen LogP contribution in [0.25, 0.3) is 10.9 Å². The van der Waals surface area contributed by atoms with Crippen molar-refractivity contribution in [2.45, 2.75) is 5.03 Å². The molecule has 82 valence electrons. The van der Waals surface area contributed by atoms with Crippen LogP contribution in [0.5, 0.6) is 0 Å². The Kier molecular flexibility index (Phi) is 3.54. The van der Waals surface area contributed by atoms with Crippen molar-refractivity contribution < 1.29 is 0 Å². The van der Waals surface area contributed by atoms with Gasteiger partial charge in [0.15, 0.2) is 0 Å². The molecule has 0 saturated heterocycles. The first-order valence-corrected chi connectivity index (χ1v) is 5.99. The van der Waals surface area contributed by atoms with Crippen LogP contribution in [0.2, 0.25) is 0 Å². The summed E-state index contributed by atoms with van der Waals surface area (Å²) in [5.41, 5.74) is 7.49. The van der Waals surface area contributed by atoms with Crippen LogP contribution in [0.3, 0.4) is 0 Å². The van der Waals surface area contributed by atoms with Crippen molar-refractivity contribution in [2.75, 3.05) is 12.3 Å². The van der Waals surface area contributed by atoms with E-state index >= 15 is 0 Å². The van der Waals surface area contributed by atoms with Gasteiger partial charge in [0.2, 0.25) is 0 Å². The highest BCUT2D eigenvalue weighted by molar-refractivity contribution is 7.99. The molecule has 0 aliphatic heterocycles. The van der Waals surface area contributed by atoms with Gasteiger partial charge in [-0.15, -0.1) is 11.8 Å². The Morgan fingerprint density at radius 2 is 2.12 bits per heavy atom. The van der Waals surface area contributed by atoms with Crippen LogP contribution >= 0.6 is 11.8 Å². The van der Waals surface area contributed by atoms with Crippen LogP contribution in [-0.4, -0.2) is 22.3 Å². The third-order valence-electron chi connectivity index (χ3n) is 2.21. The number of thioether (sulfide) groups is 1. The molecule has 2 N–H and O–H groups in total. The molecule has 0 aliphatic carbocycles. The second kappa shape index (κ2) is 5.09. The fourth-order valence-corrected chi connectivity index (χ4v) is 2.23. The van der Waals surface area contributed by atoms with Crippen molar-refractivity contribution in [2.24, 2.45) is 5.73 Å². The molecule has 3 nitrogen and oxygen atoms in total. The van der Waals surface area contributed by atoms with E-state index < -0.39 is 0 Å². The summed E-state index contributed by atoms with van der Waals surface area (Å²) in [5, 5.41) is 2.07. The van der Waals surface area contributed by atoms with Crippen LogP contribution in [0.4, 0.5) is 0 Å². The topological polar surface area (TPSA) is 51.8 Å². The molecule has 0 spiro atoms. The molecule has 2 aromatic rings. The number of aromatic nitrogens is 2. The summed E-state index contributed by atoms with van der Waals surface area (Å²) in [4.78, 5) is 8.50. The van der Waals surface area contributed by atoms with E-state index in [0.717, 1.165) is 27.3 Å². The van der Waals surface area contributed by atoms with Gasteiger partial charge < -0.3 is 5.73 Å². The van der Waals surface area contributed by atoms with Crippen molar-refractivity contribution in [1.82, 2.24) is 9.97 Å². The molecule has 0 unspecified atom stereocenters. The van der Waals surface area contributed by atoms with E-state index in [2.05, 4.69) is 16.5 Å². The summed E-state index contributed by atoms with van der Waals surface area (Å²) in [6.07, 6.45) is 1.59. The lowest BCUT2D eigenvalue weighted by Gasteiger charge is -2.04. The van der Waals surface area contributed by atoms with Crippen LogP contribution in [0, 0.1) is 0 Å². The minimum absolute atomic E-state index is 0.524. The standard InChI is InChI=1S/C12H13N3S/c1-9(6-13)7-16-12-10-4-2-3-5-11(10)14-8-15-12/h2-5,8H,1,6-7,13H2. The minimum Gasteiger partial charge on any atom is -0.327 e. The van der Waals surface area contributed by atoms with E-state index in [0.29, 0.717) is 6.54 Å². The quantitative estimate of drug-likeness (QED) is 0.498. The maximum Gasteiger partial charge on any atom is 0.117 e. The Bertz CT molecular complexity index is 505. The average Bonchev–Trinajstić information content (AvgIpc) is 2.35. The molecule has 0 radical (unpaired) electrons. The minimum atomic E-state index is 0.524. The highest BCUT2D eigenvalue weighted by atomic mass is 32.2. The summed E-state index contributed by atoms with van der Waals surface area (Å²) in [7, 11) is 0. The van der Waals surface area contributed by atoms with Gasteiger partial charge in [-0.3, -0.25) is 0 Å². The zero-order chi connectivity index (χ0) is 11.4. The number of fused-ring (bicyclic) bond motifs is 1. The maximum absolute atomic E-state index is 5.50. The molecule has 4 heteroatoms. The summed E-state index contributed by atoms with van der Waals surface area (Å²) in [6, 6.07) is 7.98. The number of nitrogens with zero attached hydrogens (tertiary/aromatic N) is 2. The molecule has 0 saturated carbocycles. The number of benzene rings is 1. The van der Waals surface area contributed by atoms with E-state index in [1.807, 2.05) is 24.3 Å². The number of hydrogen-bond acceptors (Lipinski definition) is 4. The molecule has 16 heavy (non-hydrogen) atoms. The van der Waals surface area contributed by atoms with Gasteiger partial charge in [-0.25, -0.2) is 9.97 Å². The molecular formula is C12H13N3S. The van der Waals surface area contributed by atoms with Gasteiger partial charge in [-0.05, 0) is 6.07 Å². The average molecular weight is 231 g/mol. The van der Waals surface area contributed by atoms with Gasteiger partial charge in [0.1, 0.15) is 11.4 Å². The summed E-state index contributed by atoms with van der Waals surface area (Å²) in [6.45, 7) is 4.40. The summed E-state index contributed by atoms with van der Waals surface area (Å²) >= 11 is 1.65. The Labute approximate surface area is 98.8 Å². The highest BCUT2D eigenvalue weighted by Gasteiger charge is 2.03. The smallest absolute Gasteiger partial charge is 0.117 e. The number of para-hydroxylation sites is 1. The molecule has 1 aromatic heterocycles. The largest absolute Gasteiger partial charge is 0.327 e. The SMILES string of the molecule is C=C(CN)CSc1ncnc2ccccc12. The van der Waals surface area contributed by atoms with Crippen molar-refractivity contribution >= 4 is 22.7 Å². The van der Waals surface area contributed by atoms with E-state index in [4.69, 9.17) is 5.73 Å². The van der Waals surface area contributed by atoms with Gasteiger partial charge in [0.05, 0.1) is 5.52 Å². The summed E-state index contributed by atoms with van der Waals surface area (Å²) < 4.78 is 0. The molecule has 0 aliphatic rings. The number of hydrogen-bond donors (Lipinski definition) is 1. The third-order valence-corrected chi connectivity index (χ3v) is 3.36. The zero-order valence-electron chi connectivity index (χ0n) is 8.89. The molecule has 0 amide bonds. The molecule has 2 rings (SSSR count). The van der Waals surface area contributed by atoms with Crippen molar-refractivity contribution in [1.29, 1.82) is 0 Å². The van der Waals surface area contributed by atoms with Crippen LogP contribution in [0.15, 0.2) is 47.8 Å². The van der Waals surface area contributed by atoms with Crippen LogP contribution in [-0.2, 0) is 0 Å². The monoisotopic (exact) mass is 231 g/mol. The Morgan fingerprint density at radius 3 is 2.94 bits per heavy atom. The Morgan fingerprint density at radius 1 is 1.31 bits per heavy atom. The number of nitrogens with two attached hydrogens (primary N) is 1. The van der Waals surface area contributed by atoms with E-state index in [9.17, 15) is 0 Å². The molecule has 0 bridgehead atoms. The molecule has 0 atom stereocenters. The normalized spacial score (nSPS) is 10.6. The molecule has 0 fully saturated rings. The van der Waals surface area contributed by atoms with Gasteiger partial charge in [0.25, 0.3) is 0 Å². The Hall–Kier alpha value is -1.39. The molecular weight excluding hydrogens is 218 g/mol. The highest BCUT2D eigenvalue weighted by Crippen LogP contribution is 2.24. The van der Waals surface area contributed by atoms with Crippen molar-refractivity contribution in [3.63, 3.8) is 0 Å². The fourth-order valence-electron chi connectivity index (χ4n) is 1.32. The van der Waals surface area contributed by atoms with Gasteiger partial charge in [0, 0.05) is 17.7 Å². The lowest BCUT2D eigenvalue weighted by molar-refractivity contribution is 1.10. The van der Waals surface area contributed by atoms with E-state index in [1.54, 1.807) is 18.1 Å². The van der Waals surface area contributed by atoms with E-state index in [1.165, 1.54) is 0 Å². The van der Waals surface area contributed by atoms with Crippen molar-refractivity contribution in [3.8, 4) is 0 Å². The van der Waals surface area contributed by atoms with Crippen LogP contribution in [0.1, 0.15) is 0 Å². The lowest BCUT2D eigenvalue weighted by atomic mass is 10.2. The first kappa shape index (κ1) is 11.1. The maximum atomic E-state index is 5.50. The first-order valence-electron chi connectivity index (χ1n) is 5.00. The van der Waals surface area contributed by atoms with E-state index in [-0.39, 0.29) is 0 Å². The van der Waals surface area contributed by atoms with Gasteiger partial charge >= 0.3 is 0 Å². The fraction of sp³-hybridized carbons (Fsp3) is 0.167. The second-order valence-electron chi connectivity index (χ2n) is 3.44. The first-order chi connectivity index (χ1) is 7.81. The lowest BCUT2D eigenvalue weighted by Crippen LogP contribution is -2.03. The predicted octanol–water partition coefficient (Wildman–Crippen LogP) is 2.24. The molecule has 1 heterocycles. The molecule has 1 aromatic carbocycles. The Balaban J connectivity index is 2.27. The summed E-state index contributed by atoms with van der Waals surface area (Å²) in [5.74, 6) is 0.803. The van der Waals surface area contributed by atoms with Gasteiger partial charge in [-0.1, -0.05) is 30.4 Å². The second-order valence-corrected chi connectivity index (χ2v) is 4.40. The number of rotatable bonds is 4. The predicted molar refractivity (Wildman–Crippen MR) is 68.5 cm³/mol.